The van der Waals surface area contributed by atoms with Gasteiger partial charge in [-0.25, -0.2) is 0 Å². The molecule has 0 fully saturated rings. The number of hydrogen-bond donors (Lipinski definition) is 2. The maximum Gasteiger partial charge on any atom is 0.401 e. The molecule has 0 aromatic carbocycles. The molecule has 0 spiro atoms. The lowest BCUT2D eigenvalue weighted by Crippen LogP contribution is -2.37. The van der Waals surface area contributed by atoms with Gasteiger partial charge in [-0.3, -0.25) is 9.69 Å². The number of carbonyl (C=O) groups is 1. The third-order valence-corrected chi connectivity index (χ3v) is 5.68. The highest BCUT2D eigenvalue weighted by molar-refractivity contribution is 7.16. The van der Waals surface area contributed by atoms with E-state index in [0.29, 0.717) is 10.6 Å². The van der Waals surface area contributed by atoms with E-state index in [1.807, 2.05) is 0 Å². The summed E-state index contributed by atoms with van der Waals surface area (Å²) >= 11 is 1.41. The van der Waals surface area contributed by atoms with Crippen LogP contribution in [0.5, 0.6) is 0 Å². The number of nitrogens with one attached hydrogen (secondary N) is 1. The number of anilines is 1. The molecule has 1 aliphatic rings. The van der Waals surface area contributed by atoms with Gasteiger partial charge in [0.05, 0.1) is 12.1 Å². The summed E-state index contributed by atoms with van der Waals surface area (Å²) in [5, 5.41) is 21.5. The fourth-order valence-electron chi connectivity index (χ4n) is 3.22. The Kier molecular flexibility index (Phi) is 8.07. The number of hydrogen-bond acceptors (Lipinski definition) is 5. The standard InChI is InChI=1S/C18H24F3N3O2S/c19-18(20,21)12-24(8-4-10-25)9-7-16(26)23-17-14(11-22)13-5-2-1-3-6-15(13)27-17/h25H,1-10,12H2,(H,23,26). The van der Waals surface area contributed by atoms with Gasteiger partial charge in [-0.1, -0.05) is 6.42 Å². The average Bonchev–Trinajstić information content (AvgIpc) is 2.76. The number of rotatable bonds is 8. The van der Waals surface area contributed by atoms with Crippen LogP contribution in [0.3, 0.4) is 0 Å². The minimum absolute atomic E-state index is 0.0572. The van der Waals surface area contributed by atoms with Gasteiger partial charge >= 0.3 is 6.18 Å². The van der Waals surface area contributed by atoms with E-state index in [2.05, 4.69) is 11.4 Å². The Hall–Kier alpha value is -1.63. The largest absolute Gasteiger partial charge is 0.401 e. The van der Waals surface area contributed by atoms with Crippen molar-refractivity contribution in [3.8, 4) is 6.07 Å². The van der Waals surface area contributed by atoms with Gasteiger partial charge < -0.3 is 10.4 Å². The summed E-state index contributed by atoms with van der Waals surface area (Å²) in [6.07, 6.45) is 0.674. The zero-order valence-electron chi connectivity index (χ0n) is 15.1. The maximum absolute atomic E-state index is 12.6. The first kappa shape index (κ1) is 21.7. The van der Waals surface area contributed by atoms with Crippen LogP contribution in [0.25, 0.3) is 0 Å². The Labute approximate surface area is 160 Å². The van der Waals surface area contributed by atoms with Gasteiger partial charge in [-0.2, -0.15) is 18.4 Å². The van der Waals surface area contributed by atoms with Gasteiger partial charge in [0.15, 0.2) is 0 Å². The lowest BCUT2D eigenvalue weighted by molar-refractivity contribution is -0.147. The molecule has 0 aliphatic heterocycles. The molecule has 27 heavy (non-hydrogen) atoms. The van der Waals surface area contributed by atoms with Crippen molar-refractivity contribution in [2.45, 2.75) is 51.1 Å². The van der Waals surface area contributed by atoms with Crippen LogP contribution in [0.15, 0.2) is 0 Å². The third-order valence-electron chi connectivity index (χ3n) is 4.48. The van der Waals surface area contributed by atoms with E-state index in [1.165, 1.54) is 11.3 Å². The monoisotopic (exact) mass is 403 g/mol. The first-order chi connectivity index (χ1) is 12.8. The number of carbonyl (C=O) groups excluding carboxylic acids is 1. The Morgan fingerprint density at radius 2 is 2.00 bits per heavy atom. The van der Waals surface area contributed by atoms with Crippen molar-refractivity contribution >= 4 is 22.2 Å². The van der Waals surface area contributed by atoms with Gasteiger partial charge in [0.1, 0.15) is 11.1 Å². The highest BCUT2D eigenvalue weighted by Crippen LogP contribution is 2.37. The first-order valence-electron chi connectivity index (χ1n) is 9.08. The van der Waals surface area contributed by atoms with Crippen molar-refractivity contribution in [3.63, 3.8) is 0 Å². The van der Waals surface area contributed by atoms with Crippen LogP contribution in [0.2, 0.25) is 0 Å². The average molecular weight is 403 g/mol. The van der Waals surface area contributed by atoms with Crippen molar-refractivity contribution in [2.24, 2.45) is 0 Å². The summed E-state index contributed by atoms with van der Waals surface area (Å²) < 4.78 is 37.9. The molecule has 1 amide bonds. The molecule has 1 aliphatic carbocycles. The van der Waals surface area contributed by atoms with Crippen LogP contribution in [0, 0.1) is 11.3 Å². The van der Waals surface area contributed by atoms with Crippen molar-refractivity contribution in [1.29, 1.82) is 5.26 Å². The Bertz CT molecular complexity index is 683. The molecule has 2 rings (SSSR count). The van der Waals surface area contributed by atoms with Crippen LogP contribution >= 0.6 is 11.3 Å². The molecule has 150 valence electrons. The number of nitrogens with zero attached hydrogens (tertiary/aromatic N) is 2. The molecule has 1 heterocycles. The molecule has 9 heteroatoms. The third kappa shape index (κ3) is 6.79. The number of fused-ring (bicyclic) bond motifs is 1. The van der Waals surface area contributed by atoms with Crippen LogP contribution in [-0.2, 0) is 17.6 Å². The molecule has 0 unspecified atom stereocenters. The number of aliphatic hydroxyl groups is 1. The normalized spacial score (nSPS) is 14.5. The van der Waals surface area contributed by atoms with Gasteiger partial charge in [-0.05, 0) is 37.7 Å². The molecule has 0 saturated carbocycles. The molecule has 5 nitrogen and oxygen atoms in total. The first-order valence-corrected chi connectivity index (χ1v) is 9.90. The molecule has 0 saturated heterocycles. The Morgan fingerprint density at radius 1 is 1.26 bits per heavy atom. The highest BCUT2D eigenvalue weighted by atomic mass is 32.1. The SMILES string of the molecule is N#Cc1c(NC(=O)CCN(CCCO)CC(F)(F)F)sc2c1CCCCC2. The summed E-state index contributed by atoms with van der Waals surface area (Å²) in [6.45, 7) is -1.30. The predicted molar refractivity (Wildman–Crippen MR) is 97.7 cm³/mol. The Morgan fingerprint density at radius 3 is 2.67 bits per heavy atom. The lowest BCUT2D eigenvalue weighted by Gasteiger charge is -2.22. The summed E-state index contributed by atoms with van der Waals surface area (Å²) in [5.74, 6) is -0.404. The van der Waals surface area contributed by atoms with Crippen molar-refractivity contribution in [3.05, 3.63) is 16.0 Å². The molecule has 2 N–H and O–H groups in total. The lowest BCUT2D eigenvalue weighted by atomic mass is 10.1. The van der Waals surface area contributed by atoms with Crippen molar-refractivity contribution < 1.29 is 23.1 Å². The summed E-state index contributed by atoms with van der Waals surface area (Å²) in [5.41, 5.74) is 1.51. The van der Waals surface area contributed by atoms with E-state index in [0.717, 1.165) is 47.4 Å². The quantitative estimate of drug-likeness (QED) is 0.652. The topological polar surface area (TPSA) is 76.4 Å². The number of aliphatic hydroxyl groups excluding tert-OH is 1. The van der Waals surface area contributed by atoms with Crippen molar-refractivity contribution in [1.82, 2.24) is 4.90 Å². The second-order valence-corrected chi connectivity index (χ2v) is 7.75. The van der Waals surface area contributed by atoms with Gasteiger partial charge in [0.25, 0.3) is 0 Å². The van der Waals surface area contributed by atoms with Gasteiger partial charge in [-0.15, -0.1) is 11.3 Å². The number of amides is 1. The minimum atomic E-state index is -4.36. The van der Waals surface area contributed by atoms with Crippen molar-refractivity contribution in [2.75, 3.05) is 31.6 Å². The maximum atomic E-state index is 12.6. The number of thiophene rings is 1. The molecule has 0 bridgehead atoms. The van der Waals surface area contributed by atoms with E-state index in [-0.39, 0.29) is 32.5 Å². The molecule has 0 radical (unpaired) electrons. The number of nitriles is 1. The fourth-order valence-corrected chi connectivity index (χ4v) is 4.47. The highest BCUT2D eigenvalue weighted by Gasteiger charge is 2.30. The van der Waals surface area contributed by atoms with E-state index in [9.17, 15) is 23.2 Å². The molecule has 0 atom stereocenters. The number of halogens is 3. The van der Waals surface area contributed by atoms with Crippen LogP contribution in [0.1, 0.15) is 48.1 Å². The van der Waals surface area contributed by atoms with E-state index < -0.39 is 18.6 Å². The van der Waals surface area contributed by atoms with E-state index in [1.54, 1.807) is 0 Å². The molecular weight excluding hydrogens is 379 g/mol. The van der Waals surface area contributed by atoms with E-state index >= 15 is 0 Å². The second-order valence-electron chi connectivity index (χ2n) is 6.65. The predicted octanol–water partition coefficient (Wildman–Crippen LogP) is 3.46. The number of aryl methyl sites for hydroxylation is 1. The second kappa shape index (κ2) is 10.1. The molecule has 1 aromatic rings. The van der Waals surface area contributed by atoms with Crippen LogP contribution in [0.4, 0.5) is 18.2 Å². The Balaban J connectivity index is 1.97. The van der Waals surface area contributed by atoms with Gasteiger partial charge in [0.2, 0.25) is 5.91 Å². The summed E-state index contributed by atoms with van der Waals surface area (Å²) in [4.78, 5) is 14.5. The van der Waals surface area contributed by atoms with Gasteiger partial charge in [0, 0.05) is 31.0 Å². The van der Waals surface area contributed by atoms with E-state index in [4.69, 9.17) is 5.11 Å². The smallest absolute Gasteiger partial charge is 0.396 e. The zero-order chi connectivity index (χ0) is 19.9. The summed E-state index contributed by atoms with van der Waals surface area (Å²) in [6, 6.07) is 2.17. The number of alkyl halides is 3. The minimum Gasteiger partial charge on any atom is -0.396 e. The molecular formula is C18H24F3N3O2S. The fraction of sp³-hybridized carbons (Fsp3) is 0.667. The summed E-state index contributed by atoms with van der Waals surface area (Å²) in [7, 11) is 0. The van der Waals surface area contributed by atoms with Crippen LogP contribution in [-0.4, -0.2) is 48.3 Å². The molecule has 1 aromatic heterocycles. The van der Waals surface area contributed by atoms with Crippen LogP contribution < -0.4 is 5.32 Å². The zero-order valence-corrected chi connectivity index (χ0v) is 15.9.